The molecular weight excluding hydrogens is 382 g/mol. The average Bonchev–Trinajstić information content (AvgIpc) is 3.12. The lowest BCUT2D eigenvalue weighted by Crippen LogP contribution is -2.14. The van der Waals surface area contributed by atoms with E-state index in [-0.39, 0.29) is 12.3 Å². The molecule has 2 aromatic heterocycles. The van der Waals surface area contributed by atoms with E-state index < -0.39 is 0 Å². The largest absolute Gasteiger partial charge is 0.346 e. The zero-order valence-electron chi connectivity index (χ0n) is 14.7. The van der Waals surface area contributed by atoms with E-state index in [0.717, 1.165) is 21.4 Å². The van der Waals surface area contributed by atoms with Gasteiger partial charge in [-0.05, 0) is 51.1 Å². The number of hydrogen-bond acceptors (Lipinski definition) is 4. The summed E-state index contributed by atoms with van der Waals surface area (Å²) in [4.78, 5) is 14.0. The van der Waals surface area contributed by atoms with Gasteiger partial charge >= 0.3 is 0 Å². The predicted molar refractivity (Wildman–Crippen MR) is 99.6 cm³/mol. The Kier molecular flexibility index (Phi) is 4.85. The van der Waals surface area contributed by atoms with Crippen LogP contribution in [-0.4, -0.2) is 30.6 Å². The zero-order chi connectivity index (χ0) is 18.1. The average molecular weight is 402 g/mol. The van der Waals surface area contributed by atoms with E-state index in [4.69, 9.17) is 0 Å². The molecule has 0 aliphatic carbocycles. The summed E-state index contributed by atoms with van der Waals surface area (Å²) in [6.07, 6.45) is 0. The van der Waals surface area contributed by atoms with Crippen LogP contribution in [0.3, 0.4) is 0 Å². The van der Waals surface area contributed by atoms with Crippen molar-refractivity contribution >= 4 is 21.7 Å². The molecule has 1 aromatic carbocycles. The van der Waals surface area contributed by atoms with Crippen LogP contribution in [0, 0.1) is 13.8 Å². The van der Waals surface area contributed by atoms with Crippen molar-refractivity contribution in [1.29, 1.82) is 0 Å². The van der Waals surface area contributed by atoms with Crippen LogP contribution in [0.15, 0.2) is 34.8 Å². The highest BCUT2D eigenvalue weighted by atomic mass is 79.9. The topological polar surface area (TPSA) is 65.6 Å². The van der Waals surface area contributed by atoms with Crippen LogP contribution in [0.25, 0.3) is 11.4 Å². The molecule has 0 radical (unpaired) electrons. The summed E-state index contributed by atoms with van der Waals surface area (Å²) in [6, 6.07) is 9.90. The van der Waals surface area contributed by atoms with E-state index in [1.807, 2.05) is 44.2 Å². The van der Waals surface area contributed by atoms with Crippen LogP contribution in [0.1, 0.15) is 41.6 Å². The number of hydrogen-bond donors (Lipinski definition) is 0. The fourth-order valence-corrected chi connectivity index (χ4v) is 3.59. The highest BCUT2D eigenvalue weighted by Gasteiger charge is 2.19. The Bertz CT molecular complexity index is 925. The second-order valence-corrected chi connectivity index (χ2v) is 7.15. The maximum absolute atomic E-state index is 12.7. The molecule has 6 nitrogen and oxygen atoms in total. The van der Waals surface area contributed by atoms with Crippen LogP contribution in [0.5, 0.6) is 0 Å². The number of halogens is 1. The monoisotopic (exact) mass is 401 g/mol. The number of tetrazole rings is 1. The molecule has 0 atom stereocenters. The van der Waals surface area contributed by atoms with Gasteiger partial charge < -0.3 is 4.57 Å². The molecule has 0 aliphatic rings. The minimum absolute atomic E-state index is 0.0175. The van der Waals surface area contributed by atoms with E-state index >= 15 is 0 Å². The van der Waals surface area contributed by atoms with Gasteiger partial charge in [0.05, 0.1) is 0 Å². The number of aromatic nitrogens is 5. The molecule has 0 spiro atoms. The summed E-state index contributed by atoms with van der Waals surface area (Å²) < 4.78 is 3.05. The molecule has 0 unspecified atom stereocenters. The lowest BCUT2D eigenvalue weighted by atomic mass is 10.1. The summed E-state index contributed by atoms with van der Waals surface area (Å²) in [6.45, 7) is 8.28. The number of carbonyl (C=O) groups excluding carboxylic acids is 1. The van der Waals surface area contributed by atoms with Crippen molar-refractivity contribution in [2.75, 3.05) is 0 Å². The molecule has 3 rings (SSSR count). The van der Waals surface area contributed by atoms with E-state index in [1.54, 1.807) is 0 Å². The van der Waals surface area contributed by atoms with E-state index in [2.05, 4.69) is 49.8 Å². The molecule has 0 aliphatic heterocycles. The molecule has 2 heterocycles. The molecule has 0 fully saturated rings. The molecule has 25 heavy (non-hydrogen) atoms. The Morgan fingerprint density at radius 3 is 2.60 bits per heavy atom. The van der Waals surface area contributed by atoms with Crippen LogP contribution < -0.4 is 0 Å². The van der Waals surface area contributed by atoms with Gasteiger partial charge in [0.1, 0.15) is 6.54 Å². The molecule has 7 heteroatoms. The van der Waals surface area contributed by atoms with Gasteiger partial charge in [-0.2, -0.15) is 4.80 Å². The smallest absolute Gasteiger partial charge is 0.206 e. The van der Waals surface area contributed by atoms with Crippen LogP contribution in [0.4, 0.5) is 0 Å². The third kappa shape index (κ3) is 3.42. The maximum Gasteiger partial charge on any atom is 0.206 e. The quantitative estimate of drug-likeness (QED) is 0.606. The lowest BCUT2D eigenvalue weighted by molar-refractivity contribution is 0.0960. The van der Waals surface area contributed by atoms with Gasteiger partial charge in [-0.25, -0.2) is 0 Å². The molecule has 130 valence electrons. The lowest BCUT2D eigenvalue weighted by Gasteiger charge is -2.13. The van der Waals surface area contributed by atoms with Crippen molar-refractivity contribution < 1.29 is 4.79 Å². The van der Waals surface area contributed by atoms with Crippen molar-refractivity contribution in [2.24, 2.45) is 0 Å². The van der Waals surface area contributed by atoms with Gasteiger partial charge in [-0.3, -0.25) is 4.79 Å². The fraction of sp³-hybridized carbons (Fsp3) is 0.333. The first-order valence-electron chi connectivity index (χ1n) is 8.12. The van der Waals surface area contributed by atoms with Crippen molar-refractivity contribution in [3.63, 3.8) is 0 Å². The second-order valence-electron chi connectivity index (χ2n) is 6.30. The van der Waals surface area contributed by atoms with Gasteiger partial charge in [-0.15, -0.1) is 10.2 Å². The number of Topliss-reactive ketones (excluding diaryl/α,β-unsaturated/α-hetero) is 1. The number of benzene rings is 1. The summed E-state index contributed by atoms with van der Waals surface area (Å²) in [7, 11) is 0. The SMILES string of the molecule is Cc1cc(C(=O)Cn2nnc(-c3ccccc3Br)n2)c(C)n1C(C)C. The summed E-state index contributed by atoms with van der Waals surface area (Å²) in [5.74, 6) is 0.476. The normalized spacial score (nSPS) is 11.3. The molecule has 0 amide bonds. The van der Waals surface area contributed by atoms with Crippen LogP contribution in [-0.2, 0) is 6.54 Å². The van der Waals surface area contributed by atoms with E-state index in [0.29, 0.717) is 17.4 Å². The van der Waals surface area contributed by atoms with Crippen LogP contribution in [0.2, 0.25) is 0 Å². The Morgan fingerprint density at radius 2 is 1.96 bits per heavy atom. The second kappa shape index (κ2) is 6.92. The Morgan fingerprint density at radius 1 is 1.24 bits per heavy atom. The van der Waals surface area contributed by atoms with Crippen LogP contribution >= 0.6 is 15.9 Å². The minimum Gasteiger partial charge on any atom is -0.346 e. The van der Waals surface area contributed by atoms with Gasteiger partial charge in [0.15, 0.2) is 5.78 Å². The molecule has 0 saturated heterocycles. The standard InChI is InChI=1S/C18H20BrN5O/c1-11(2)24-12(3)9-15(13(24)4)17(25)10-23-21-18(20-22-23)14-7-5-6-8-16(14)19/h5-9,11H,10H2,1-4H3. The molecule has 0 N–H and O–H groups in total. The maximum atomic E-state index is 12.7. The van der Waals surface area contributed by atoms with Gasteiger partial charge in [0.25, 0.3) is 0 Å². The summed E-state index contributed by atoms with van der Waals surface area (Å²) in [5, 5.41) is 12.4. The first-order valence-corrected chi connectivity index (χ1v) is 8.92. The molecule has 3 aromatic rings. The van der Waals surface area contributed by atoms with Gasteiger partial charge in [0, 0.05) is 33.0 Å². The number of ketones is 1. The first kappa shape index (κ1) is 17.5. The zero-order valence-corrected chi connectivity index (χ0v) is 16.3. The molecular formula is C18H20BrN5O. The minimum atomic E-state index is -0.0175. The van der Waals surface area contributed by atoms with E-state index in [1.165, 1.54) is 4.80 Å². The van der Waals surface area contributed by atoms with Gasteiger partial charge in [0.2, 0.25) is 5.82 Å². The predicted octanol–water partition coefficient (Wildman–Crippen LogP) is 3.98. The van der Waals surface area contributed by atoms with Gasteiger partial charge in [-0.1, -0.05) is 28.1 Å². The van der Waals surface area contributed by atoms with Crippen molar-refractivity contribution in [3.05, 3.63) is 51.8 Å². The Hall–Kier alpha value is -2.28. The number of aryl methyl sites for hydroxylation is 1. The Labute approximate surface area is 155 Å². The summed E-state index contributed by atoms with van der Waals surface area (Å²) >= 11 is 3.48. The molecule has 0 bridgehead atoms. The number of nitrogens with zero attached hydrogens (tertiary/aromatic N) is 5. The number of rotatable bonds is 5. The number of carbonyl (C=O) groups is 1. The fourth-order valence-electron chi connectivity index (χ4n) is 3.13. The van der Waals surface area contributed by atoms with Crippen molar-refractivity contribution in [3.8, 4) is 11.4 Å². The van der Waals surface area contributed by atoms with E-state index in [9.17, 15) is 4.79 Å². The summed E-state index contributed by atoms with van der Waals surface area (Å²) in [5.41, 5.74) is 3.62. The van der Waals surface area contributed by atoms with Crippen molar-refractivity contribution in [2.45, 2.75) is 40.3 Å². The highest BCUT2D eigenvalue weighted by molar-refractivity contribution is 9.10. The first-order chi connectivity index (χ1) is 11.9. The molecule has 0 saturated carbocycles. The van der Waals surface area contributed by atoms with Crippen molar-refractivity contribution in [1.82, 2.24) is 24.8 Å². The Balaban J connectivity index is 1.83. The third-order valence-corrected chi connectivity index (χ3v) is 4.85. The highest BCUT2D eigenvalue weighted by Crippen LogP contribution is 2.24. The third-order valence-electron chi connectivity index (χ3n) is 4.15.